The monoisotopic (exact) mass is 605 g/mol. The number of fused-ring (bicyclic) bond motifs is 1. The Labute approximate surface area is 255 Å². The Bertz CT molecular complexity index is 1510. The molecular weight excluding hydrogens is 561 g/mol. The highest BCUT2D eigenvalue weighted by Crippen LogP contribution is 2.32. The van der Waals surface area contributed by atoms with Crippen molar-refractivity contribution in [1.82, 2.24) is 15.4 Å². The van der Waals surface area contributed by atoms with Gasteiger partial charge in [-0.2, -0.15) is 0 Å². The number of halogens is 1. The summed E-state index contributed by atoms with van der Waals surface area (Å²) in [4.78, 5) is 13.6. The highest BCUT2D eigenvalue weighted by Gasteiger charge is 2.27. The quantitative estimate of drug-likeness (QED) is 0.238. The average Bonchev–Trinajstić information content (AvgIpc) is 3.49. The molecule has 3 N–H and O–H groups in total. The van der Waals surface area contributed by atoms with Crippen LogP contribution < -0.4 is 15.4 Å². The van der Waals surface area contributed by atoms with Crippen LogP contribution in [0.4, 0.5) is 4.39 Å². The van der Waals surface area contributed by atoms with Crippen LogP contribution in [0.15, 0.2) is 71.6 Å². The van der Waals surface area contributed by atoms with Gasteiger partial charge in [-0.15, -0.1) is 0 Å². The number of hydrogen-bond acceptors (Lipinski definition) is 4. The average molecular weight is 606 g/mol. The summed E-state index contributed by atoms with van der Waals surface area (Å²) in [5.41, 5.74) is 5.08. The molecule has 0 unspecified atom stereocenters. The van der Waals surface area contributed by atoms with Crippen molar-refractivity contribution in [2.45, 2.75) is 107 Å². The minimum Gasteiger partial charge on any atom is -0.349 e. The number of aryl methyl sites for hydroxylation is 1. The summed E-state index contributed by atoms with van der Waals surface area (Å²) in [5, 5.41) is 6.85. The van der Waals surface area contributed by atoms with Crippen molar-refractivity contribution >= 4 is 15.9 Å². The van der Waals surface area contributed by atoms with Crippen LogP contribution in [0.1, 0.15) is 106 Å². The van der Waals surface area contributed by atoms with Gasteiger partial charge in [-0.05, 0) is 89.6 Å². The third-order valence-corrected chi connectivity index (χ3v) is 10.3. The number of hydrogen-bond donors (Lipinski definition) is 3. The highest BCUT2D eigenvalue weighted by atomic mass is 32.2. The largest absolute Gasteiger partial charge is 0.349 e. The molecule has 0 bridgehead atoms. The van der Waals surface area contributed by atoms with Crippen LogP contribution in [0.3, 0.4) is 0 Å². The number of rotatable bonds is 10. The lowest BCUT2D eigenvalue weighted by Gasteiger charge is -2.28. The van der Waals surface area contributed by atoms with Crippen LogP contribution in [-0.2, 0) is 33.2 Å². The van der Waals surface area contributed by atoms with E-state index in [1.54, 1.807) is 12.1 Å². The van der Waals surface area contributed by atoms with Gasteiger partial charge < -0.3 is 10.6 Å². The maximum atomic E-state index is 13.7. The van der Waals surface area contributed by atoms with E-state index >= 15 is 0 Å². The summed E-state index contributed by atoms with van der Waals surface area (Å²) >= 11 is 0. The van der Waals surface area contributed by atoms with E-state index in [-0.39, 0.29) is 28.7 Å². The van der Waals surface area contributed by atoms with Crippen LogP contribution in [0.2, 0.25) is 0 Å². The predicted octanol–water partition coefficient (Wildman–Crippen LogP) is 6.76. The SMILES string of the molecule is CC(C)(C)c1ccc(S(=O)(=O)N[C@H](CC(=O)N[C@@H]2CCCc3cc(CNC4CCCC4)ccc32)c2ccc(F)cc2)cc1. The molecule has 2 atom stereocenters. The van der Waals surface area contributed by atoms with Gasteiger partial charge >= 0.3 is 0 Å². The first-order valence-electron chi connectivity index (χ1n) is 15.5. The number of amides is 1. The van der Waals surface area contributed by atoms with Gasteiger partial charge in [-0.1, -0.05) is 76.1 Å². The molecule has 1 amide bonds. The minimum absolute atomic E-state index is 0.111. The third-order valence-electron chi connectivity index (χ3n) is 8.80. The van der Waals surface area contributed by atoms with Crippen LogP contribution in [0.25, 0.3) is 0 Å². The summed E-state index contributed by atoms with van der Waals surface area (Å²) in [6.07, 6.45) is 7.76. The highest BCUT2D eigenvalue weighted by molar-refractivity contribution is 7.89. The molecule has 5 rings (SSSR count). The van der Waals surface area contributed by atoms with Gasteiger partial charge in [0, 0.05) is 19.0 Å². The zero-order chi connectivity index (χ0) is 30.6. The molecule has 43 heavy (non-hydrogen) atoms. The normalized spacial score (nSPS) is 18.3. The molecule has 230 valence electrons. The maximum absolute atomic E-state index is 13.7. The van der Waals surface area contributed by atoms with E-state index in [1.807, 2.05) is 12.1 Å². The number of carbonyl (C=O) groups is 1. The Morgan fingerprint density at radius 3 is 2.30 bits per heavy atom. The molecule has 1 saturated carbocycles. The molecule has 0 aromatic heterocycles. The van der Waals surface area contributed by atoms with Gasteiger partial charge in [0.2, 0.25) is 15.9 Å². The Morgan fingerprint density at radius 1 is 0.930 bits per heavy atom. The van der Waals surface area contributed by atoms with E-state index in [1.165, 1.54) is 61.1 Å². The molecular formula is C35H44FN3O3S. The standard InChI is InChI=1S/C35H44FN3O3S/c1-35(2,3)27-14-18-30(19-15-27)43(41,42)39-33(25-12-16-28(36)17-13-25)22-34(40)38-32-10-6-7-26-21-24(11-20-31(26)32)23-37-29-8-4-5-9-29/h11-21,29,32-33,37,39H,4-10,22-23H2,1-3H3,(H,38,40)/t32-,33-/m1/s1. The van der Waals surface area contributed by atoms with Crippen LogP contribution in [-0.4, -0.2) is 20.4 Å². The van der Waals surface area contributed by atoms with E-state index in [9.17, 15) is 17.6 Å². The molecule has 1 fully saturated rings. The lowest BCUT2D eigenvalue weighted by molar-refractivity contribution is -0.122. The molecule has 0 aliphatic heterocycles. The van der Waals surface area contributed by atoms with E-state index in [2.05, 4.69) is 54.3 Å². The molecule has 0 saturated heterocycles. The van der Waals surface area contributed by atoms with Crippen molar-refractivity contribution in [3.05, 3.63) is 100 Å². The fourth-order valence-corrected chi connectivity index (χ4v) is 7.49. The second kappa shape index (κ2) is 13.3. The Morgan fingerprint density at radius 2 is 1.63 bits per heavy atom. The first kappa shape index (κ1) is 31.4. The summed E-state index contributed by atoms with van der Waals surface area (Å²) in [5.74, 6) is -0.686. The number of benzene rings is 3. The zero-order valence-electron chi connectivity index (χ0n) is 25.5. The molecule has 0 heterocycles. The van der Waals surface area contributed by atoms with Gasteiger partial charge in [0.05, 0.1) is 17.0 Å². The van der Waals surface area contributed by atoms with Crippen molar-refractivity contribution < 1.29 is 17.6 Å². The topological polar surface area (TPSA) is 87.3 Å². The van der Waals surface area contributed by atoms with E-state index in [0.29, 0.717) is 11.6 Å². The smallest absolute Gasteiger partial charge is 0.241 e. The lowest BCUT2D eigenvalue weighted by atomic mass is 9.86. The van der Waals surface area contributed by atoms with Gasteiger partial charge in [0.1, 0.15) is 5.82 Å². The van der Waals surface area contributed by atoms with Gasteiger partial charge in [-0.3, -0.25) is 4.79 Å². The third kappa shape index (κ3) is 8.11. The van der Waals surface area contributed by atoms with Crippen LogP contribution >= 0.6 is 0 Å². The molecule has 2 aliphatic carbocycles. The Hall–Kier alpha value is -3.07. The molecule has 2 aliphatic rings. The molecule has 8 heteroatoms. The van der Waals surface area contributed by atoms with Gasteiger partial charge in [0.15, 0.2) is 0 Å². The Kier molecular flexibility index (Phi) is 9.69. The molecule has 0 spiro atoms. The summed E-state index contributed by atoms with van der Waals surface area (Å²) in [6.45, 7) is 7.05. The first-order valence-corrected chi connectivity index (χ1v) is 17.0. The summed E-state index contributed by atoms with van der Waals surface area (Å²) in [6, 6.07) is 18.5. The zero-order valence-corrected chi connectivity index (χ0v) is 26.3. The van der Waals surface area contributed by atoms with Crippen molar-refractivity contribution in [3.63, 3.8) is 0 Å². The van der Waals surface area contributed by atoms with Crippen molar-refractivity contribution in [2.24, 2.45) is 0 Å². The minimum atomic E-state index is -3.95. The fourth-order valence-electron chi connectivity index (χ4n) is 6.27. The van der Waals surface area contributed by atoms with Crippen LogP contribution in [0.5, 0.6) is 0 Å². The second-order valence-electron chi connectivity index (χ2n) is 13.1. The van der Waals surface area contributed by atoms with Crippen molar-refractivity contribution in [3.8, 4) is 0 Å². The van der Waals surface area contributed by atoms with Gasteiger partial charge in [0.25, 0.3) is 0 Å². The molecule has 3 aromatic carbocycles. The first-order chi connectivity index (χ1) is 20.5. The summed E-state index contributed by atoms with van der Waals surface area (Å²) in [7, 11) is -3.95. The van der Waals surface area contributed by atoms with E-state index in [4.69, 9.17) is 0 Å². The van der Waals surface area contributed by atoms with E-state index in [0.717, 1.165) is 36.9 Å². The number of sulfonamides is 1. The van der Waals surface area contributed by atoms with Crippen LogP contribution in [0, 0.1) is 5.82 Å². The van der Waals surface area contributed by atoms with Gasteiger partial charge in [-0.25, -0.2) is 17.5 Å². The van der Waals surface area contributed by atoms with Crippen molar-refractivity contribution in [2.75, 3.05) is 0 Å². The predicted molar refractivity (Wildman–Crippen MR) is 169 cm³/mol. The number of nitrogens with one attached hydrogen (secondary N) is 3. The maximum Gasteiger partial charge on any atom is 0.241 e. The van der Waals surface area contributed by atoms with Crippen molar-refractivity contribution in [1.29, 1.82) is 0 Å². The summed E-state index contributed by atoms with van der Waals surface area (Å²) < 4.78 is 43.3. The van der Waals surface area contributed by atoms with E-state index < -0.39 is 21.9 Å². The Balaban J connectivity index is 1.29. The fraction of sp³-hybridized carbons (Fsp3) is 0.457. The second-order valence-corrected chi connectivity index (χ2v) is 14.8. The molecule has 0 radical (unpaired) electrons. The number of carbonyl (C=O) groups excluding carboxylic acids is 1. The molecule has 6 nitrogen and oxygen atoms in total. The lowest BCUT2D eigenvalue weighted by Crippen LogP contribution is -2.36. The molecule has 3 aromatic rings.